The molecule has 0 aliphatic heterocycles. The fourth-order valence-corrected chi connectivity index (χ4v) is 3.61. The van der Waals surface area contributed by atoms with Crippen molar-refractivity contribution < 1.29 is 14.3 Å². The van der Waals surface area contributed by atoms with Crippen LogP contribution in [0.4, 0.5) is 11.4 Å². The van der Waals surface area contributed by atoms with Gasteiger partial charge >= 0.3 is 5.97 Å². The zero-order valence-electron chi connectivity index (χ0n) is 17.8. The van der Waals surface area contributed by atoms with E-state index in [1.807, 2.05) is 67.7 Å². The van der Waals surface area contributed by atoms with E-state index >= 15 is 0 Å². The SMILES string of the molecule is COC(=O)c1cc(OCc2ccccc2)c2cccc(N(C)c3ccccc3C)c2n1. The second kappa shape index (κ2) is 8.88. The highest BCUT2D eigenvalue weighted by molar-refractivity contribution is 6.00. The summed E-state index contributed by atoms with van der Waals surface area (Å²) in [6, 6.07) is 25.6. The number of aryl methyl sites for hydroxylation is 1. The lowest BCUT2D eigenvalue weighted by atomic mass is 10.1. The number of hydrogen-bond donors (Lipinski definition) is 0. The Labute approximate surface area is 181 Å². The van der Waals surface area contributed by atoms with E-state index in [1.54, 1.807) is 6.07 Å². The summed E-state index contributed by atoms with van der Waals surface area (Å²) in [5.41, 5.74) is 5.02. The van der Waals surface area contributed by atoms with Gasteiger partial charge < -0.3 is 14.4 Å². The van der Waals surface area contributed by atoms with Crippen LogP contribution in [0.25, 0.3) is 10.9 Å². The van der Waals surface area contributed by atoms with Gasteiger partial charge in [-0.1, -0.05) is 54.6 Å². The highest BCUT2D eigenvalue weighted by Gasteiger charge is 2.18. The Kier molecular flexibility index (Phi) is 5.85. The van der Waals surface area contributed by atoms with Gasteiger partial charge in [-0.2, -0.15) is 0 Å². The molecule has 0 radical (unpaired) electrons. The van der Waals surface area contributed by atoms with Gasteiger partial charge in [-0.15, -0.1) is 0 Å². The van der Waals surface area contributed by atoms with E-state index < -0.39 is 5.97 Å². The summed E-state index contributed by atoms with van der Waals surface area (Å²) in [7, 11) is 3.35. The van der Waals surface area contributed by atoms with E-state index in [0.717, 1.165) is 27.9 Å². The molecule has 1 heterocycles. The summed E-state index contributed by atoms with van der Waals surface area (Å²) in [5, 5.41) is 0.835. The summed E-state index contributed by atoms with van der Waals surface area (Å²) >= 11 is 0. The van der Waals surface area contributed by atoms with E-state index in [1.165, 1.54) is 7.11 Å². The summed E-state index contributed by atoms with van der Waals surface area (Å²) in [6.07, 6.45) is 0. The maximum Gasteiger partial charge on any atom is 0.356 e. The number of fused-ring (bicyclic) bond motifs is 1. The molecule has 0 unspecified atom stereocenters. The summed E-state index contributed by atoms with van der Waals surface area (Å²) in [6.45, 7) is 2.46. The van der Waals surface area contributed by atoms with Crippen LogP contribution >= 0.6 is 0 Å². The molecule has 0 amide bonds. The first-order valence-electron chi connectivity index (χ1n) is 10.1. The maximum atomic E-state index is 12.3. The van der Waals surface area contributed by atoms with Gasteiger partial charge in [0, 0.05) is 24.2 Å². The molecule has 3 aromatic carbocycles. The molecular formula is C26H24N2O3. The van der Waals surface area contributed by atoms with Gasteiger partial charge in [0.25, 0.3) is 0 Å². The molecule has 4 aromatic rings. The monoisotopic (exact) mass is 412 g/mol. The molecule has 0 aliphatic carbocycles. The van der Waals surface area contributed by atoms with Crippen LogP contribution < -0.4 is 9.64 Å². The third-order valence-electron chi connectivity index (χ3n) is 5.25. The van der Waals surface area contributed by atoms with Gasteiger partial charge in [-0.3, -0.25) is 0 Å². The molecule has 1 aromatic heterocycles. The standard InChI is InChI=1S/C26H24N2O3/c1-18-10-7-8-14-22(18)28(2)23-15-9-13-20-24(31-17-19-11-5-4-6-12-19)16-21(26(29)30-3)27-25(20)23/h4-16H,17H2,1-3H3. The zero-order chi connectivity index (χ0) is 21.8. The molecule has 0 saturated carbocycles. The number of para-hydroxylation sites is 2. The molecule has 5 heteroatoms. The first kappa shape index (κ1) is 20.4. The van der Waals surface area contributed by atoms with Crippen molar-refractivity contribution in [3.8, 4) is 5.75 Å². The predicted molar refractivity (Wildman–Crippen MR) is 123 cm³/mol. The Morgan fingerprint density at radius 2 is 1.65 bits per heavy atom. The number of nitrogens with zero attached hydrogens (tertiary/aromatic N) is 2. The maximum absolute atomic E-state index is 12.3. The molecule has 31 heavy (non-hydrogen) atoms. The van der Waals surface area contributed by atoms with Gasteiger partial charge in [-0.05, 0) is 36.2 Å². The van der Waals surface area contributed by atoms with E-state index in [-0.39, 0.29) is 5.69 Å². The predicted octanol–water partition coefficient (Wildman–Crippen LogP) is 5.68. The number of carbonyl (C=O) groups is 1. The van der Waals surface area contributed by atoms with E-state index in [2.05, 4.69) is 28.9 Å². The Morgan fingerprint density at radius 1 is 0.935 bits per heavy atom. The van der Waals surface area contributed by atoms with Crippen LogP contribution in [0.15, 0.2) is 78.9 Å². The molecule has 0 saturated heterocycles. The molecule has 0 N–H and O–H groups in total. The summed E-state index contributed by atoms with van der Waals surface area (Å²) < 4.78 is 11.1. The van der Waals surface area contributed by atoms with Gasteiger partial charge in [0.2, 0.25) is 0 Å². The molecule has 0 atom stereocenters. The molecule has 0 bridgehead atoms. The van der Waals surface area contributed by atoms with Crippen molar-refractivity contribution in [2.24, 2.45) is 0 Å². The lowest BCUT2D eigenvalue weighted by Gasteiger charge is -2.23. The average molecular weight is 412 g/mol. The van der Waals surface area contributed by atoms with Crippen molar-refractivity contribution in [2.75, 3.05) is 19.1 Å². The van der Waals surface area contributed by atoms with Crippen molar-refractivity contribution in [1.29, 1.82) is 0 Å². The minimum absolute atomic E-state index is 0.212. The molecule has 0 fully saturated rings. The highest BCUT2D eigenvalue weighted by Crippen LogP contribution is 2.36. The van der Waals surface area contributed by atoms with Crippen molar-refractivity contribution in [3.05, 3.63) is 95.7 Å². The molecule has 0 aliphatic rings. The van der Waals surface area contributed by atoms with Crippen molar-refractivity contribution in [2.45, 2.75) is 13.5 Å². The first-order valence-corrected chi connectivity index (χ1v) is 10.1. The number of esters is 1. The lowest BCUT2D eigenvalue weighted by molar-refractivity contribution is 0.0594. The van der Waals surface area contributed by atoms with Crippen LogP contribution in [0.1, 0.15) is 21.6 Å². The van der Waals surface area contributed by atoms with Gasteiger partial charge in [0.05, 0.1) is 18.3 Å². The summed E-state index contributed by atoms with van der Waals surface area (Å²) in [4.78, 5) is 19.1. The quantitative estimate of drug-likeness (QED) is 0.382. The van der Waals surface area contributed by atoms with Crippen LogP contribution in [0, 0.1) is 6.92 Å². The Morgan fingerprint density at radius 3 is 2.39 bits per heavy atom. The van der Waals surface area contributed by atoms with Crippen molar-refractivity contribution in [1.82, 2.24) is 4.98 Å². The third-order valence-corrected chi connectivity index (χ3v) is 5.25. The third kappa shape index (κ3) is 4.21. The highest BCUT2D eigenvalue weighted by atomic mass is 16.5. The number of rotatable bonds is 6. The largest absolute Gasteiger partial charge is 0.488 e. The van der Waals surface area contributed by atoms with E-state index in [4.69, 9.17) is 9.47 Å². The van der Waals surface area contributed by atoms with Crippen LogP contribution in [0.3, 0.4) is 0 Å². The second-order valence-corrected chi connectivity index (χ2v) is 7.29. The number of methoxy groups -OCH3 is 1. The number of pyridine rings is 1. The van der Waals surface area contributed by atoms with Crippen LogP contribution in [-0.2, 0) is 11.3 Å². The number of hydrogen-bond acceptors (Lipinski definition) is 5. The number of aromatic nitrogens is 1. The van der Waals surface area contributed by atoms with E-state index in [9.17, 15) is 4.79 Å². The van der Waals surface area contributed by atoms with Crippen LogP contribution in [-0.4, -0.2) is 25.1 Å². The lowest BCUT2D eigenvalue weighted by Crippen LogP contribution is -2.13. The molecular weight excluding hydrogens is 388 g/mol. The zero-order valence-corrected chi connectivity index (χ0v) is 17.8. The van der Waals surface area contributed by atoms with E-state index in [0.29, 0.717) is 17.9 Å². The molecule has 5 nitrogen and oxygen atoms in total. The van der Waals surface area contributed by atoms with Gasteiger partial charge in [0.15, 0.2) is 5.69 Å². The topological polar surface area (TPSA) is 51.7 Å². The average Bonchev–Trinajstić information content (AvgIpc) is 2.82. The number of carbonyl (C=O) groups excluding carboxylic acids is 1. The fourth-order valence-electron chi connectivity index (χ4n) is 3.61. The smallest absolute Gasteiger partial charge is 0.356 e. The fraction of sp³-hybridized carbons (Fsp3) is 0.154. The summed E-state index contributed by atoms with van der Waals surface area (Å²) in [5.74, 6) is 0.0918. The Balaban J connectivity index is 1.83. The van der Waals surface area contributed by atoms with Crippen LogP contribution in [0.2, 0.25) is 0 Å². The molecule has 4 rings (SSSR count). The normalized spacial score (nSPS) is 10.7. The second-order valence-electron chi connectivity index (χ2n) is 7.29. The van der Waals surface area contributed by atoms with Crippen molar-refractivity contribution in [3.63, 3.8) is 0 Å². The van der Waals surface area contributed by atoms with Gasteiger partial charge in [0.1, 0.15) is 12.4 Å². The minimum Gasteiger partial charge on any atom is -0.488 e. The van der Waals surface area contributed by atoms with Gasteiger partial charge in [-0.25, -0.2) is 9.78 Å². The first-order chi connectivity index (χ1) is 15.1. The number of anilines is 2. The Hall–Kier alpha value is -3.86. The molecule has 156 valence electrons. The van der Waals surface area contributed by atoms with Crippen LogP contribution in [0.5, 0.6) is 5.75 Å². The number of benzene rings is 3. The minimum atomic E-state index is -0.500. The Bertz CT molecular complexity index is 1220. The van der Waals surface area contributed by atoms with Crippen molar-refractivity contribution >= 4 is 28.2 Å². The number of ether oxygens (including phenoxy) is 2. The molecule has 0 spiro atoms.